The summed E-state index contributed by atoms with van der Waals surface area (Å²) < 4.78 is 5.14. The van der Waals surface area contributed by atoms with Crippen LogP contribution in [-0.4, -0.2) is 53.3 Å². The highest BCUT2D eigenvalue weighted by atomic mass is 32.1. The van der Waals surface area contributed by atoms with Crippen LogP contribution in [0.2, 0.25) is 0 Å². The van der Waals surface area contributed by atoms with Crippen LogP contribution in [-0.2, 0) is 16.1 Å². The number of amides is 2. The second kappa shape index (κ2) is 5.98. The van der Waals surface area contributed by atoms with E-state index in [4.69, 9.17) is 9.84 Å². The number of ether oxygens (including phenoxy) is 1. The molecule has 2 heterocycles. The lowest BCUT2D eigenvalue weighted by atomic mass is 10.0. The molecule has 0 spiro atoms. The van der Waals surface area contributed by atoms with E-state index in [9.17, 15) is 9.59 Å². The molecule has 0 aromatic carbocycles. The number of nitrogens with one attached hydrogen (secondary N) is 1. The molecule has 2 N–H and O–H groups in total. The largest absolute Gasteiger partial charge is 0.481 e. The normalized spacial score (nSPS) is 22.2. The van der Waals surface area contributed by atoms with Crippen molar-refractivity contribution in [1.82, 2.24) is 15.2 Å². The smallest absolute Gasteiger partial charge is 0.317 e. The number of nitrogens with zero attached hydrogens (tertiary/aromatic N) is 2. The Balaban J connectivity index is 1.89. The highest BCUT2D eigenvalue weighted by molar-refractivity contribution is 7.07. The van der Waals surface area contributed by atoms with Gasteiger partial charge in [-0.15, -0.1) is 11.3 Å². The molecule has 1 saturated heterocycles. The van der Waals surface area contributed by atoms with Gasteiger partial charge in [-0.3, -0.25) is 4.79 Å². The number of urea groups is 1. The number of aromatic nitrogens is 1. The highest BCUT2D eigenvalue weighted by Crippen LogP contribution is 2.19. The van der Waals surface area contributed by atoms with Gasteiger partial charge in [0.25, 0.3) is 0 Å². The van der Waals surface area contributed by atoms with Crippen molar-refractivity contribution in [2.24, 2.45) is 5.92 Å². The molecular formula is C11H15N3O4S. The molecular weight excluding hydrogens is 270 g/mol. The first-order valence-corrected chi connectivity index (χ1v) is 6.72. The topological polar surface area (TPSA) is 91.8 Å². The van der Waals surface area contributed by atoms with Crippen LogP contribution in [0.15, 0.2) is 10.9 Å². The van der Waals surface area contributed by atoms with Gasteiger partial charge in [0.2, 0.25) is 0 Å². The summed E-state index contributed by atoms with van der Waals surface area (Å²) in [5.74, 6) is -1.61. The quantitative estimate of drug-likeness (QED) is 0.834. The van der Waals surface area contributed by atoms with Crippen molar-refractivity contribution in [3.05, 3.63) is 16.6 Å². The zero-order chi connectivity index (χ0) is 13.8. The Morgan fingerprint density at radius 3 is 3.05 bits per heavy atom. The lowest BCUT2D eigenvalue weighted by molar-refractivity contribution is -0.142. The molecule has 2 amide bonds. The second-order valence-corrected chi connectivity index (χ2v) is 5.02. The lowest BCUT2D eigenvalue weighted by Crippen LogP contribution is -2.48. The van der Waals surface area contributed by atoms with Gasteiger partial charge in [0.15, 0.2) is 0 Å². The number of aliphatic carboxylic acids is 1. The highest BCUT2D eigenvalue weighted by Gasteiger charge is 2.38. The summed E-state index contributed by atoms with van der Waals surface area (Å²) in [5.41, 5.74) is 2.47. The number of hydrogen-bond acceptors (Lipinski definition) is 5. The standard InChI is InChI=1S/C11H15N3O4S/c1-14(9-4-18-3-8(9)10(15)16)11(17)12-2-7-5-19-6-13-7/h5-6,8-9H,2-4H2,1H3,(H,12,17)(H,15,16). The summed E-state index contributed by atoms with van der Waals surface area (Å²) in [7, 11) is 1.58. The van der Waals surface area contributed by atoms with E-state index in [0.717, 1.165) is 5.69 Å². The first kappa shape index (κ1) is 13.8. The zero-order valence-electron chi connectivity index (χ0n) is 10.4. The molecule has 2 unspecified atom stereocenters. The lowest BCUT2D eigenvalue weighted by Gasteiger charge is -2.26. The van der Waals surface area contributed by atoms with Gasteiger partial charge in [0, 0.05) is 12.4 Å². The van der Waals surface area contributed by atoms with Crippen LogP contribution in [0, 0.1) is 5.92 Å². The molecule has 1 aliphatic rings. The molecule has 1 aromatic rings. The van der Waals surface area contributed by atoms with Crippen LogP contribution in [0.25, 0.3) is 0 Å². The first-order chi connectivity index (χ1) is 9.09. The molecule has 1 aromatic heterocycles. The van der Waals surface area contributed by atoms with Crippen molar-refractivity contribution < 1.29 is 19.4 Å². The van der Waals surface area contributed by atoms with Crippen molar-refractivity contribution >= 4 is 23.3 Å². The average molecular weight is 285 g/mol. The molecule has 0 bridgehead atoms. The molecule has 2 rings (SSSR count). The first-order valence-electron chi connectivity index (χ1n) is 5.78. The summed E-state index contributed by atoms with van der Waals surface area (Å²) in [6, 6.07) is -0.761. The molecule has 104 valence electrons. The van der Waals surface area contributed by atoms with E-state index in [1.165, 1.54) is 16.2 Å². The Labute approximate surface area is 114 Å². The third-order valence-corrected chi connectivity index (χ3v) is 3.72. The fraction of sp³-hybridized carbons (Fsp3) is 0.545. The van der Waals surface area contributed by atoms with Crippen molar-refractivity contribution in [2.45, 2.75) is 12.6 Å². The number of likely N-dealkylation sites (N-methyl/N-ethyl adjacent to an activating group) is 1. The molecule has 1 fully saturated rings. The molecule has 0 aliphatic carbocycles. The average Bonchev–Trinajstić information content (AvgIpc) is 3.05. The van der Waals surface area contributed by atoms with E-state index in [0.29, 0.717) is 6.54 Å². The van der Waals surface area contributed by atoms with Gasteiger partial charge in [-0.2, -0.15) is 0 Å². The Morgan fingerprint density at radius 2 is 2.42 bits per heavy atom. The van der Waals surface area contributed by atoms with Crippen LogP contribution in [0.5, 0.6) is 0 Å². The van der Waals surface area contributed by atoms with Gasteiger partial charge in [-0.25, -0.2) is 9.78 Å². The van der Waals surface area contributed by atoms with Crippen molar-refractivity contribution in [1.29, 1.82) is 0 Å². The second-order valence-electron chi connectivity index (χ2n) is 4.30. The van der Waals surface area contributed by atoms with Crippen LogP contribution < -0.4 is 5.32 Å². The van der Waals surface area contributed by atoms with Gasteiger partial charge < -0.3 is 20.1 Å². The maximum Gasteiger partial charge on any atom is 0.317 e. The minimum Gasteiger partial charge on any atom is -0.481 e. The van der Waals surface area contributed by atoms with Crippen molar-refractivity contribution in [3.8, 4) is 0 Å². The number of carbonyl (C=O) groups excluding carboxylic acids is 1. The molecule has 1 aliphatic heterocycles. The van der Waals surface area contributed by atoms with Crippen molar-refractivity contribution in [3.63, 3.8) is 0 Å². The van der Waals surface area contributed by atoms with Crippen LogP contribution in [0.4, 0.5) is 4.79 Å². The Kier molecular flexibility index (Phi) is 4.33. The fourth-order valence-electron chi connectivity index (χ4n) is 1.93. The zero-order valence-corrected chi connectivity index (χ0v) is 11.2. The number of carboxylic acids is 1. The van der Waals surface area contributed by atoms with Gasteiger partial charge in [-0.05, 0) is 0 Å². The van der Waals surface area contributed by atoms with E-state index in [-0.39, 0.29) is 19.2 Å². The van der Waals surface area contributed by atoms with E-state index in [1.54, 1.807) is 12.6 Å². The minimum absolute atomic E-state index is 0.143. The van der Waals surface area contributed by atoms with Crippen molar-refractivity contribution in [2.75, 3.05) is 20.3 Å². The van der Waals surface area contributed by atoms with E-state index in [1.807, 2.05) is 5.38 Å². The van der Waals surface area contributed by atoms with Gasteiger partial charge in [-0.1, -0.05) is 0 Å². The van der Waals surface area contributed by atoms with Gasteiger partial charge >= 0.3 is 12.0 Å². The van der Waals surface area contributed by atoms with E-state index < -0.39 is 17.9 Å². The summed E-state index contributed by atoms with van der Waals surface area (Å²) in [6.45, 7) is 0.722. The molecule has 0 saturated carbocycles. The maximum absolute atomic E-state index is 11.9. The SMILES string of the molecule is CN(C(=O)NCc1cscn1)C1COCC1C(=O)O. The molecule has 2 atom stereocenters. The molecule has 19 heavy (non-hydrogen) atoms. The monoisotopic (exact) mass is 285 g/mol. The van der Waals surface area contributed by atoms with Gasteiger partial charge in [0.05, 0.1) is 37.0 Å². The predicted molar refractivity (Wildman–Crippen MR) is 67.8 cm³/mol. The van der Waals surface area contributed by atoms with Crippen LogP contribution in [0.1, 0.15) is 5.69 Å². The summed E-state index contributed by atoms with van der Waals surface area (Å²) in [5, 5.41) is 13.6. The number of rotatable bonds is 4. The Morgan fingerprint density at radius 1 is 1.63 bits per heavy atom. The maximum atomic E-state index is 11.9. The Bertz CT molecular complexity index is 451. The van der Waals surface area contributed by atoms with Crippen LogP contribution in [0.3, 0.4) is 0 Å². The Hall–Kier alpha value is -1.67. The molecule has 7 nitrogen and oxygen atoms in total. The number of carboxylic acid groups (broad SMARTS) is 1. The number of thiazole rings is 1. The summed E-state index contributed by atoms with van der Waals surface area (Å²) >= 11 is 1.46. The number of carbonyl (C=O) groups is 2. The van der Waals surface area contributed by atoms with E-state index >= 15 is 0 Å². The predicted octanol–water partition coefficient (Wildman–Crippen LogP) is 0.384. The van der Waals surface area contributed by atoms with Gasteiger partial charge in [0.1, 0.15) is 5.92 Å². The third kappa shape index (κ3) is 3.21. The third-order valence-electron chi connectivity index (χ3n) is 3.09. The fourth-order valence-corrected chi connectivity index (χ4v) is 2.49. The van der Waals surface area contributed by atoms with E-state index in [2.05, 4.69) is 10.3 Å². The summed E-state index contributed by atoms with van der Waals surface area (Å²) in [4.78, 5) is 28.4. The van der Waals surface area contributed by atoms with Crippen LogP contribution >= 0.6 is 11.3 Å². The summed E-state index contributed by atoms with van der Waals surface area (Å²) in [6.07, 6.45) is 0. The molecule has 8 heteroatoms. The minimum atomic E-state index is -0.943. The molecule has 0 radical (unpaired) electrons. The number of hydrogen-bond donors (Lipinski definition) is 2.